The number of aryl methyl sites for hydroxylation is 1. The van der Waals surface area contributed by atoms with Crippen LogP contribution in [0.2, 0.25) is 0 Å². The molecule has 0 saturated carbocycles. The molecule has 2 heterocycles. The molecule has 0 spiro atoms. The standard InChI is InChI=1S/C20H24N4O3/c1-13-6-5-9-24(12-13)19(25)17-11-18(22-14(2)21-17)23-16-8-4-7-15(10-16)20(26)27-3/h4,7-8,10-11,13H,5-6,9,12H2,1-3H3,(H,21,22,23). The van der Waals surface area contributed by atoms with E-state index >= 15 is 0 Å². The van der Waals surface area contributed by atoms with Crippen molar-refractivity contribution in [1.82, 2.24) is 14.9 Å². The van der Waals surface area contributed by atoms with Gasteiger partial charge in [0.05, 0.1) is 12.7 Å². The summed E-state index contributed by atoms with van der Waals surface area (Å²) in [6, 6.07) is 8.58. The molecular weight excluding hydrogens is 344 g/mol. The Hall–Kier alpha value is -2.96. The number of likely N-dealkylation sites (tertiary alicyclic amines) is 1. The number of hydrogen-bond acceptors (Lipinski definition) is 6. The molecule has 1 aliphatic heterocycles. The summed E-state index contributed by atoms with van der Waals surface area (Å²) in [6.07, 6.45) is 2.17. The molecular formula is C20H24N4O3. The van der Waals surface area contributed by atoms with Gasteiger partial charge in [0.15, 0.2) is 0 Å². The molecule has 7 nitrogen and oxygen atoms in total. The number of esters is 1. The number of hydrogen-bond donors (Lipinski definition) is 1. The van der Waals surface area contributed by atoms with Crippen LogP contribution in [-0.4, -0.2) is 46.9 Å². The number of amides is 1. The largest absolute Gasteiger partial charge is 0.465 e. The van der Waals surface area contributed by atoms with Crippen LogP contribution in [0.25, 0.3) is 0 Å². The zero-order valence-corrected chi connectivity index (χ0v) is 15.9. The van der Waals surface area contributed by atoms with Gasteiger partial charge in [0, 0.05) is 24.8 Å². The number of carbonyl (C=O) groups is 2. The van der Waals surface area contributed by atoms with Gasteiger partial charge in [-0.05, 0) is 43.9 Å². The third-order valence-electron chi connectivity index (χ3n) is 4.56. The minimum absolute atomic E-state index is 0.0709. The molecule has 1 amide bonds. The summed E-state index contributed by atoms with van der Waals surface area (Å²) in [7, 11) is 1.34. The van der Waals surface area contributed by atoms with Crippen molar-refractivity contribution < 1.29 is 14.3 Å². The number of methoxy groups -OCH3 is 1. The van der Waals surface area contributed by atoms with Crippen molar-refractivity contribution in [2.24, 2.45) is 5.92 Å². The van der Waals surface area contributed by atoms with Crippen LogP contribution < -0.4 is 5.32 Å². The van der Waals surface area contributed by atoms with E-state index in [0.717, 1.165) is 25.9 Å². The average Bonchev–Trinajstić information content (AvgIpc) is 2.66. The molecule has 0 bridgehead atoms. The third kappa shape index (κ3) is 4.61. The predicted octanol–water partition coefficient (Wildman–Crippen LogP) is 3.19. The summed E-state index contributed by atoms with van der Waals surface area (Å²) in [5, 5.41) is 3.14. The Labute approximate surface area is 158 Å². The van der Waals surface area contributed by atoms with Gasteiger partial charge in [-0.1, -0.05) is 13.0 Å². The van der Waals surface area contributed by atoms with E-state index in [4.69, 9.17) is 4.74 Å². The molecule has 1 aliphatic rings. The lowest BCUT2D eigenvalue weighted by atomic mass is 10.00. The van der Waals surface area contributed by atoms with Gasteiger partial charge in [-0.25, -0.2) is 14.8 Å². The molecule has 142 valence electrons. The van der Waals surface area contributed by atoms with Gasteiger partial charge >= 0.3 is 5.97 Å². The van der Waals surface area contributed by atoms with Crippen LogP contribution in [0.4, 0.5) is 11.5 Å². The summed E-state index contributed by atoms with van der Waals surface area (Å²) in [5.41, 5.74) is 1.50. The Morgan fingerprint density at radius 2 is 2.07 bits per heavy atom. The van der Waals surface area contributed by atoms with Crippen LogP contribution in [0.5, 0.6) is 0 Å². The first-order valence-corrected chi connectivity index (χ1v) is 9.06. The highest BCUT2D eigenvalue weighted by Gasteiger charge is 2.23. The van der Waals surface area contributed by atoms with Crippen LogP contribution in [0, 0.1) is 12.8 Å². The summed E-state index contributed by atoms with van der Waals surface area (Å²) < 4.78 is 4.74. The number of aromatic nitrogens is 2. The van der Waals surface area contributed by atoms with Gasteiger partial charge < -0.3 is 15.0 Å². The number of ether oxygens (including phenoxy) is 1. The Balaban J connectivity index is 1.81. The fraction of sp³-hybridized carbons (Fsp3) is 0.400. The number of rotatable bonds is 4. The first-order valence-electron chi connectivity index (χ1n) is 9.06. The second kappa shape index (κ2) is 8.16. The summed E-state index contributed by atoms with van der Waals surface area (Å²) >= 11 is 0. The molecule has 1 aromatic carbocycles. The van der Waals surface area contributed by atoms with Gasteiger partial charge in [-0.3, -0.25) is 4.79 Å². The zero-order chi connectivity index (χ0) is 19.4. The van der Waals surface area contributed by atoms with Gasteiger partial charge in [0.1, 0.15) is 17.3 Å². The number of nitrogens with one attached hydrogen (secondary N) is 1. The van der Waals surface area contributed by atoms with Crippen molar-refractivity contribution >= 4 is 23.4 Å². The van der Waals surface area contributed by atoms with Crippen LogP contribution in [-0.2, 0) is 4.74 Å². The van der Waals surface area contributed by atoms with E-state index in [-0.39, 0.29) is 5.91 Å². The van der Waals surface area contributed by atoms with Gasteiger partial charge in [0.2, 0.25) is 0 Å². The van der Waals surface area contributed by atoms with E-state index in [1.807, 2.05) is 11.0 Å². The second-order valence-corrected chi connectivity index (χ2v) is 6.88. The molecule has 2 aromatic rings. The molecule has 27 heavy (non-hydrogen) atoms. The maximum Gasteiger partial charge on any atom is 0.337 e. The van der Waals surface area contributed by atoms with Gasteiger partial charge in [0.25, 0.3) is 5.91 Å². The molecule has 1 fully saturated rings. The number of nitrogens with zero attached hydrogens (tertiary/aromatic N) is 3. The Kier molecular flexibility index (Phi) is 5.69. The van der Waals surface area contributed by atoms with Gasteiger partial charge in [-0.15, -0.1) is 0 Å². The highest BCUT2D eigenvalue weighted by Crippen LogP contribution is 2.20. The smallest absolute Gasteiger partial charge is 0.337 e. The van der Waals surface area contributed by atoms with E-state index in [2.05, 4.69) is 22.2 Å². The normalized spacial score (nSPS) is 16.7. The molecule has 3 rings (SSSR count). The number of piperidine rings is 1. The van der Waals surface area contributed by atoms with E-state index < -0.39 is 5.97 Å². The fourth-order valence-corrected chi connectivity index (χ4v) is 3.27. The molecule has 0 aliphatic carbocycles. The maximum absolute atomic E-state index is 12.8. The van der Waals surface area contributed by atoms with Crippen molar-refractivity contribution in [3.05, 3.63) is 47.4 Å². The van der Waals surface area contributed by atoms with Crippen molar-refractivity contribution in [1.29, 1.82) is 0 Å². The lowest BCUT2D eigenvalue weighted by molar-refractivity contribution is 0.0600. The average molecular weight is 368 g/mol. The maximum atomic E-state index is 12.8. The minimum Gasteiger partial charge on any atom is -0.465 e. The molecule has 7 heteroatoms. The van der Waals surface area contributed by atoms with E-state index in [1.165, 1.54) is 7.11 Å². The third-order valence-corrected chi connectivity index (χ3v) is 4.56. The summed E-state index contributed by atoms with van der Waals surface area (Å²) in [5.74, 6) is 1.05. The van der Waals surface area contributed by atoms with Crippen LogP contribution in [0.1, 0.15) is 46.4 Å². The SMILES string of the molecule is COC(=O)c1cccc(Nc2cc(C(=O)N3CCCC(C)C3)nc(C)n2)c1. The van der Waals surface area contributed by atoms with Crippen molar-refractivity contribution in [3.63, 3.8) is 0 Å². The van der Waals surface area contributed by atoms with E-state index in [1.54, 1.807) is 31.2 Å². The van der Waals surface area contributed by atoms with Gasteiger partial charge in [-0.2, -0.15) is 0 Å². The monoisotopic (exact) mass is 368 g/mol. The first kappa shape index (κ1) is 18.8. The van der Waals surface area contributed by atoms with Crippen LogP contribution in [0.15, 0.2) is 30.3 Å². The number of benzene rings is 1. The van der Waals surface area contributed by atoms with Crippen molar-refractivity contribution in [3.8, 4) is 0 Å². The van der Waals surface area contributed by atoms with E-state index in [9.17, 15) is 9.59 Å². The summed E-state index contributed by atoms with van der Waals surface area (Å²) in [4.78, 5) is 35.1. The number of anilines is 2. The fourth-order valence-electron chi connectivity index (χ4n) is 3.27. The molecule has 1 N–H and O–H groups in total. The Morgan fingerprint density at radius 1 is 1.26 bits per heavy atom. The quantitative estimate of drug-likeness (QED) is 0.835. The highest BCUT2D eigenvalue weighted by atomic mass is 16.5. The molecule has 1 aromatic heterocycles. The predicted molar refractivity (Wildman–Crippen MR) is 102 cm³/mol. The first-order chi connectivity index (χ1) is 13.0. The topological polar surface area (TPSA) is 84.4 Å². The number of carbonyl (C=O) groups excluding carboxylic acids is 2. The molecule has 0 radical (unpaired) electrons. The lowest BCUT2D eigenvalue weighted by Crippen LogP contribution is -2.39. The minimum atomic E-state index is -0.410. The Morgan fingerprint density at radius 3 is 2.81 bits per heavy atom. The Bertz CT molecular complexity index is 853. The lowest BCUT2D eigenvalue weighted by Gasteiger charge is -2.30. The van der Waals surface area contributed by atoms with E-state index in [0.29, 0.717) is 34.5 Å². The van der Waals surface area contributed by atoms with Crippen molar-refractivity contribution in [2.75, 3.05) is 25.5 Å². The molecule has 1 unspecified atom stereocenters. The second-order valence-electron chi connectivity index (χ2n) is 6.88. The van der Waals surface area contributed by atoms with Crippen LogP contribution in [0.3, 0.4) is 0 Å². The van der Waals surface area contributed by atoms with Crippen molar-refractivity contribution in [2.45, 2.75) is 26.7 Å². The van der Waals surface area contributed by atoms with Crippen LogP contribution >= 0.6 is 0 Å². The highest BCUT2D eigenvalue weighted by molar-refractivity contribution is 5.93. The molecule has 1 atom stereocenters. The zero-order valence-electron chi connectivity index (χ0n) is 15.9. The summed E-state index contributed by atoms with van der Waals surface area (Å²) in [6.45, 7) is 5.43. The molecule has 1 saturated heterocycles.